The van der Waals surface area contributed by atoms with E-state index in [1.807, 2.05) is 0 Å². The second-order valence-corrected chi connectivity index (χ2v) is 11.1. The summed E-state index contributed by atoms with van der Waals surface area (Å²) >= 11 is 12.2. The first-order valence-electron chi connectivity index (χ1n) is 13.4. The van der Waals surface area contributed by atoms with E-state index in [1.165, 1.54) is 24.3 Å². The summed E-state index contributed by atoms with van der Waals surface area (Å²) in [5.41, 5.74) is 2.42. The zero-order valence-electron chi connectivity index (χ0n) is 22.4. The number of aromatic nitrogens is 1. The van der Waals surface area contributed by atoms with Gasteiger partial charge >= 0.3 is 0 Å². The molecule has 0 saturated carbocycles. The Balaban J connectivity index is 1.66. The summed E-state index contributed by atoms with van der Waals surface area (Å²) in [6.45, 7) is -0.282. The molecule has 1 aromatic heterocycles. The Kier molecular flexibility index (Phi) is 8.63. The summed E-state index contributed by atoms with van der Waals surface area (Å²) in [7, 11) is 1.17. The minimum Gasteiger partial charge on any atom is -0.387 e. The first-order chi connectivity index (χ1) is 19.7. The summed E-state index contributed by atoms with van der Waals surface area (Å²) in [6.07, 6.45) is 1.73. The van der Waals surface area contributed by atoms with Gasteiger partial charge in [0.05, 0.1) is 17.7 Å². The van der Waals surface area contributed by atoms with Crippen LogP contribution in [0.25, 0.3) is 11.1 Å². The topological polar surface area (TPSA) is 103 Å². The van der Waals surface area contributed by atoms with Gasteiger partial charge in [0.2, 0.25) is 5.91 Å². The van der Waals surface area contributed by atoms with E-state index < -0.39 is 36.4 Å². The SMILES string of the molecule is CON1C(=O)c2ccc(-c3ccc(Cl)cc3)c(Cc3ccc(Cl)cn3)c2[C@@]1(F)C(O)CC1CCCCN1C(=O)CO. The Bertz CT molecular complexity index is 1440. The van der Waals surface area contributed by atoms with Crippen molar-refractivity contribution >= 4 is 35.0 Å². The number of hydroxylamine groups is 2. The van der Waals surface area contributed by atoms with E-state index in [2.05, 4.69) is 4.98 Å². The smallest absolute Gasteiger partial charge is 0.281 e. The van der Waals surface area contributed by atoms with Crippen molar-refractivity contribution in [2.45, 2.75) is 50.0 Å². The fourth-order valence-corrected chi connectivity index (χ4v) is 6.20. The van der Waals surface area contributed by atoms with E-state index in [4.69, 9.17) is 28.0 Å². The first kappa shape index (κ1) is 29.4. The Morgan fingerprint density at radius 2 is 1.83 bits per heavy atom. The summed E-state index contributed by atoms with van der Waals surface area (Å²) in [4.78, 5) is 37.1. The third-order valence-electron chi connectivity index (χ3n) is 7.88. The lowest BCUT2D eigenvalue weighted by Gasteiger charge is -2.40. The van der Waals surface area contributed by atoms with Gasteiger partial charge in [-0.25, -0.2) is 4.39 Å². The van der Waals surface area contributed by atoms with Gasteiger partial charge in [0.1, 0.15) is 12.7 Å². The Hall–Kier alpha value is -3.08. The molecule has 0 bridgehead atoms. The van der Waals surface area contributed by atoms with Gasteiger partial charge in [-0.15, -0.1) is 0 Å². The van der Waals surface area contributed by atoms with Crippen molar-refractivity contribution in [1.82, 2.24) is 14.9 Å². The number of pyridine rings is 1. The number of rotatable bonds is 8. The molecule has 2 N–H and O–H groups in total. The van der Waals surface area contributed by atoms with Gasteiger partial charge in [-0.3, -0.25) is 19.4 Å². The number of carbonyl (C=O) groups is 2. The molecular formula is C30H30Cl2FN3O5. The zero-order chi connectivity index (χ0) is 29.3. The highest BCUT2D eigenvalue weighted by Gasteiger charge is 2.58. The van der Waals surface area contributed by atoms with Crippen molar-refractivity contribution in [2.24, 2.45) is 0 Å². The predicted octanol–water partition coefficient (Wildman–Crippen LogP) is 4.91. The molecule has 2 aliphatic rings. The van der Waals surface area contributed by atoms with Crippen molar-refractivity contribution in [2.75, 3.05) is 20.3 Å². The van der Waals surface area contributed by atoms with Gasteiger partial charge in [0, 0.05) is 41.5 Å². The van der Waals surface area contributed by atoms with Crippen LogP contribution in [0.3, 0.4) is 0 Å². The number of hydrogen-bond acceptors (Lipinski definition) is 6. The molecule has 0 aliphatic carbocycles. The molecule has 2 unspecified atom stereocenters. The molecule has 3 atom stereocenters. The molecule has 1 fully saturated rings. The second-order valence-electron chi connectivity index (χ2n) is 10.3. The number of fused-ring (bicyclic) bond motifs is 1. The molecule has 5 rings (SSSR count). The maximum Gasteiger partial charge on any atom is 0.281 e. The normalized spacial score (nSPS) is 21.2. The molecule has 0 spiro atoms. The molecule has 0 radical (unpaired) electrons. The highest BCUT2D eigenvalue weighted by molar-refractivity contribution is 6.30. The summed E-state index contributed by atoms with van der Waals surface area (Å²) in [5, 5.41) is 22.6. The lowest BCUT2D eigenvalue weighted by atomic mass is 9.83. The number of halogens is 3. The number of piperidine rings is 1. The van der Waals surface area contributed by atoms with E-state index in [9.17, 15) is 19.8 Å². The Labute approximate surface area is 247 Å². The van der Waals surface area contributed by atoms with Crippen molar-refractivity contribution in [1.29, 1.82) is 0 Å². The fourth-order valence-electron chi connectivity index (χ4n) is 5.96. The molecular weight excluding hydrogens is 572 g/mol. The summed E-state index contributed by atoms with van der Waals surface area (Å²) < 4.78 is 17.7. The first-order valence-corrected chi connectivity index (χ1v) is 14.1. The number of aliphatic hydroxyl groups is 2. The number of aliphatic hydroxyl groups excluding tert-OH is 2. The lowest BCUT2D eigenvalue weighted by Crippen LogP contribution is -2.53. The van der Waals surface area contributed by atoms with Gasteiger partial charge in [-0.2, -0.15) is 5.06 Å². The summed E-state index contributed by atoms with van der Waals surface area (Å²) in [6, 6.07) is 13.2. The number of amides is 2. The van der Waals surface area contributed by atoms with Crippen LogP contribution in [0.2, 0.25) is 10.0 Å². The third-order valence-corrected chi connectivity index (χ3v) is 8.35. The van der Waals surface area contributed by atoms with Crippen LogP contribution in [0.4, 0.5) is 4.39 Å². The van der Waals surface area contributed by atoms with Crippen LogP contribution in [0.5, 0.6) is 0 Å². The monoisotopic (exact) mass is 601 g/mol. The van der Waals surface area contributed by atoms with E-state index >= 15 is 4.39 Å². The molecule has 3 aromatic rings. The van der Waals surface area contributed by atoms with Crippen molar-refractivity contribution < 1.29 is 29.0 Å². The van der Waals surface area contributed by atoms with Crippen LogP contribution in [-0.2, 0) is 21.8 Å². The molecule has 2 amide bonds. The molecule has 8 nitrogen and oxygen atoms in total. The highest BCUT2D eigenvalue weighted by atomic mass is 35.5. The number of nitrogens with zero attached hydrogens (tertiary/aromatic N) is 3. The maximum absolute atomic E-state index is 17.7. The number of benzene rings is 2. The average Bonchev–Trinajstić information content (AvgIpc) is 3.21. The van der Waals surface area contributed by atoms with Gasteiger partial charge in [-0.1, -0.05) is 41.4 Å². The third kappa shape index (κ3) is 5.45. The van der Waals surface area contributed by atoms with E-state index in [0.29, 0.717) is 44.9 Å². The van der Waals surface area contributed by atoms with E-state index in [1.54, 1.807) is 42.5 Å². The largest absolute Gasteiger partial charge is 0.387 e. The highest BCUT2D eigenvalue weighted by Crippen LogP contribution is 2.49. The second kappa shape index (κ2) is 12.0. The zero-order valence-corrected chi connectivity index (χ0v) is 23.9. The molecule has 1 saturated heterocycles. The Morgan fingerprint density at radius 1 is 1.12 bits per heavy atom. The van der Waals surface area contributed by atoms with Crippen LogP contribution in [0.1, 0.15) is 52.9 Å². The Morgan fingerprint density at radius 3 is 2.49 bits per heavy atom. The van der Waals surface area contributed by atoms with Gasteiger partial charge in [0.25, 0.3) is 11.7 Å². The van der Waals surface area contributed by atoms with Crippen LogP contribution in [0, 0.1) is 0 Å². The molecule has 2 aliphatic heterocycles. The lowest BCUT2D eigenvalue weighted by molar-refractivity contribution is -0.248. The van der Waals surface area contributed by atoms with Gasteiger partial charge in [0.15, 0.2) is 0 Å². The van der Waals surface area contributed by atoms with Gasteiger partial charge in [-0.05, 0) is 72.7 Å². The number of hydrogen-bond donors (Lipinski definition) is 2. The van der Waals surface area contributed by atoms with E-state index in [0.717, 1.165) is 18.4 Å². The van der Waals surface area contributed by atoms with Crippen molar-refractivity contribution in [3.63, 3.8) is 0 Å². The number of likely N-dealkylation sites (tertiary alicyclic amines) is 1. The van der Waals surface area contributed by atoms with Crippen LogP contribution >= 0.6 is 23.2 Å². The molecule has 3 heterocycles. The van der Waals surface area contributed by atoms with Crippen LogP contribution in [0.15, 0.2) is 54.7 Å². The predicted molar refractivity (Wildman–Crippen MR) is 152 cm³/mol. The van der Waals surface area contributed by atoms with Gasteiger partial charge < -0.3 is 15.1 Å². The minimum absolute atomic E-state index is 0.0168. The summed E-state index contributed by atoms with van der Waals surface area (Å²) in [5.74, 6) is -4.00. The van der Waals surface area contributed by atoms with Crippen molar-refractivity contribution in [3.05, 3.63) is 87.2 Å². The fraction of sp³-hybridized carbons (Fsp3) is 0.367. The number of alkyl halides is 1. The quantitative estimate of drug-likeness (QED) is 0.356. The molecule has 2 aromatic carbocycles. The van der Waals surface area contributed by atoms with E-state index in [-0.39, 0.29) is 24.0 Å². The standard InChI is InChI=1S/C30H30Cl2FN3O5/c1-41-36-29(40)24-12-11-23(18-5-7-19(31)8-6-18)25(14-21-10-9-20(32)16-34-21)28(24)30(36,33)26(38)15-22-4-2-3-13-35(22)27(39)17-37/h5-12,16,22,26,37-38H,2-4,13-15,17H2,1H3/t22?,26?,30-/m1/s1. The van der Waals surface area contributed by atoms with Crippen LogP contribution < -0.4 is 0 Å². The maximum atomic E-state index is 17.7. The number of carbonyl (C=O) groups excluding carboxylic acids is 2. The molecule has 216 valence electrons. The van der Waals surface area contributed by atoms with Crippen LogP contribution in [-0.4, -0.2) is 69.4 Å². The molecule has 41 heavy (non-hydrogen) atoms. The van der Waals surface area contributed by atoms with Crippen molar-refractivity contribution in [3.8, 4) is 11.1 Å². The minimum atomic E-state index is -2.78. The average molecular weight is 602 g/mol. The molecule has 11 heteroatoms.